The SMILES string of the molecule is Cc1cc(F)cc(C(N)CCc2nccn2C)c1. The van der Waals surface area contributed by atoms with Crippen LogP contribution in [0.3, 0.4) is 0 Å². The molecule has 2 N–H and O–H groups in total. The molecular weight excluding hydrogens is 229 g/mol. The molecule has 0 radical (unpaired) electrons. The molecule has 1 aromatic carbocycles. The highest BCUT2D eigenvalue weighted by molar-refractivity contribution is 5.26. The molecule has 0 saturated heterocycles. The maximum absolute atomic E-state index is 13.3. The first-order valence-electron chi connectivity index (χ1n) is 6.05. The van der Waals surface area contributed by atoms with Gasteiger partial charge in [-0.15, -0.1) is 0 Å². The Bertz CT molecular complexity index is 513. The predicted molar refractivity (Wildman–Crippen MR) is 69.6 cm³/mol. The van der Waals surface area contributed by atoms with Crippen LogP contribution in [0.1, 0.15) is 29.4 Å². The van der Waals surface area contributed by atoms with E-state index in [9.17, 15) is 4.39 Å². The molecule has 2 rings (SSSR count). The molecule has 1 unspecified atom stereocenters. The minimum atomic E-state index is -0.225. The monoisotopic (exact) mass is 247 g/mol. The largest absolute Gasteiger partial charge is 0.338 e. The normalized spacial score (nSPS) is 12.7. The summed E-state index contributed by atoms with van der Waals surface area (Å²) >= 11 is 0. The molecule has 4 heteroatoms. The van der Waals surface area contributed by atoms with E-state index in [0.29, 0.717) is 0 Å². The van der Waals surface area contributed by atoms with E-state index in [0.717, 1.165) is 29.8 Å². The van der Waals surface area contributed by atoms with E-state index >= 15 is 0 Å². The third kappa shape index (κ3) is 2.96. The average molecular weight is 247 g/mol. The van der Waals surface area contributed by atoms with Crippen molar-refractivity contribution in [2.75, 3.05) is 0 Å². The van der Waals surface area contributed by atoms with Crippen molar-refractivity contribution in [3.63, 3.8) is 0 Å². The van der Waals surface area contributed by atoms with E-state index in [-0.39, 0.29) is 11.9 Å². The standard InChI is InChI=1S/C14H18FN3/c1-10-7-11(9-12(15)8-10)13(16)3-4-14-17-5-6-18(14)2/h5-9,13H,3-4,16H2,1-2H3. The van der Waals surface area contributed by atoms with Crippen LogP contribution >= 0.6 is 0 Å². The van der Waals surface area contributed by atoms with Gasteiger partial charge in [-0.05, 0) is 36.6 Å². The fraction of sp³-hybridized carbons (Fsp3) is 0.357. The highest BCUT2D eigenvalue weighted by Crippen LogP contribution is 2.19. The van der Waals surface area contributed by atoms with Gasteiger partial charge in [-0.1, -0.05) is 6.07 Å². The van der Waals surface area contributed by atoms with Crippen LogP contribution in [-0.2, 0) is 13.5 Å². The molecule has 0 fully saturated rings. The summed E-state index contributed by atoms with van der Waals surface area (Å²) in [5, 5.41) is 0. The van der Waals surface area contributed by atoms with Crippen LogP contribution in [0.15, 0.2) is 30.6 Å². The van der Waals surface area contributed by atoms with Gasteiger partial charge in [-0.25, -0.2) is 9.37 Å². The summed E-state index contributed by atoms with van der Waals surface area (Å²) in [7, 11) is 1.96. The van der Waals surface area contributed by atoms with E-state index in [2.05, 4.69) is 4.98 Å². The summed E-state index contributed by atoms with van der Waals surface area (Å²) in [4.78, 5) is 4.25. The number of aryl methyl sites for hydroxylation is 3. The number of benzene rings is 1. The maximum Gasteiger partial charge on any atom is 0.123 e. The maximum atomic E-state index is 13.3. The van der Waals surface area contributed by atoms with Crippen molar-refractivity contribution in [2.24, 2.45) is 12.8 Å². The first kappa shape index (κ1) is 12.8. The molecule has 0 aliphatic carbocycles. The molecule has 1 heterocycles. The summed E-state index contributed by atoms with van der Waals surface area (Å²) < 4.78 is 15.3. The Morgan fingerprint density at radius 2 is 2.17 bits per heavy atom. The van der Waals surface area contributed by atoms with Gasteiger partial charge in [-0.3, -0.25) is 0 Å². The van der Waals surface area contributed by atoms with Gasteiger partial charge in [0.25, 0.3) is 0 Å². The van der Waals surface area contributed by atoms with Crippen molar-refractivity contribution in [1.82, 2.24) is 9.55 Å². The lowest BCUT2D eigenvalue weighted by molar-refractivity contribution is 0.598. The minimum absolute atomic E-state index is 0.156. The predicted octanol–water partition coefficient (Wildman–Crippen LogP) is 2.50. The van der Waals surface area contributed by atoms with Crippen molar-refractivity contribution in [3.8, 4) is 0 Å². The lowest BCUT2D eigenvalue weighted by Gasteiger charge is -2.13. The fourth-order valence-corrected chi connectivity index (χ4v) is 2.07. The van der Waals surface area contributed by atoms with E-state index in [1.54, 1.807) is 6.20 Å². The third-order valence-corrected chi connectivity index (χ3v) is 3.09. The van der Waals surface area contributed by atoms with Gasteiger partial charge in [0.05, 0.1) is 0 Å². The molecular formula is C14H18FN3. The summed E-state index contributed by atoms with van der Waals surface area (Å²) in [6.07, 6.45) is 5.23. The average Bonchev–Trinajstić information content (AvgIpc) is 2.70. The van der Waals surface area contributed by atoms with Crippen molar-refractivity contribution in [2.45, 2.75) is 25.8 Å². The first-order valence-corrected chi connectivity index (χ1v) is 6.05. The second kappa shape index (κ2) is 5.31. The summed E-state index contributed by atoms with van der Waals surface area (Å²) in [6.45, 7) is 1.87. The molecule has 18 heavy (non-hydrogen) atoms. The number of imidazole rings is 1. The number of hydrogen-bond donors (Lipinski definition) is 1. The third-order valence-electron chi connectivity index (χ3n) is 3.09. The Balaban J connectivity index is 2.03. The molecule has 1 atom stereocenters. The fourth-order valence-electron chi connectivity index (χ4n) is 2.07. The van der Waals surface area contributed by atoms with Gasteiger partial charge in [0.15, 0.2) is 0 Å². The zero-order valence-corrected chi connectivity index (χ0v) is 10.7. The van der Waals surface area contributed by atoms with Gasteiger partial charge >= 0.3 is 0 Å². The van der Waals surface area contributed by atoms with Crippen molar-refractivity contribution < 1.29 is 4.39 Å². The zero-order valence-electron chi connectivity index (χ0n) is 10.7. The molecule has 96 valence electrons. The zero-order chi connectivity index (χ0) is 13.1. The van der Waals surface area contributed by atoms with Gasteiger partial charge in [0.2, 0.25) is 0 Å². The number of rotatable bonds is 4. The van der Waals surface area contributed by atoms with Crippen LogP contribution < -0.4 is 5.73 Å². The Morgan fingerprint density at radius 3 is 2.78 bits per heavy atom. The van der Waals surface area contributed by atoms with Crippen LogP contribution in [0, 0.1) is 12.7 Å². The van der Waals surface area contributed by atoms with Crippen LogP contribution in [0.25, 0.3) is 0 Å². The topological polar surface area (TPSA) is 43.8 Å². The molecule has 3 nitrogen and oxygen atoms in total. The Morgan fingerprint density at radius 1 is 1.39 bits per heavy atom. The Labute approximate surface area is 106 Å². The van der Waals surface area contributed by atoms with Gasteiger partial charge in [-0.2, -0.15) is 0 Å². The summed E-state index contributed by atoms with van der Waals surface area (Å²) in [6, 6.07) is 4.80. The lowest BCUT2D eigenvalue weighted by Crippen LogP contribution is -2.13. The minimum Gasteiger partial charge on any atom is -0.338 e. The summed E-state index contributed by atoms with van der Waals surface area (Å²) in [5.74, 6) is 0.774. The Kier molecular flexibility index (Phi) is 3.77. The first-order chi connectivity index (χ1) is 8.56. The number of aromatic nitrogens is 2. The second-order valence-corrected chi connectivity index (χ2v) is 4.66. The molecule has 0 spiro atoms. The molecule has 1 aromatic heterocycles. The van der Waals surface area contributed by atoms with E-state index in [1.165, 1.54) is 12.1 Å². The van der Waals surface area contributed by atoms with Gasteiger partial charge in [0, 0.05) is 31.9 Å². The van der Waals surface area contributed by atoms with Crippen molar-refractivity contribution in [3.05, 3.63) is 53.4 Å². The van der Waals surface area contributed by atoms with E-state index in [4.69, 9.17) is 5.73 Å². The number of nitrogens with two attached hydrogens (primary N) is 1. The van der Waals surface area contributed by atoms with Crippen molar-refractivity contribution >= 4 is 0 Å². The van der Waals surface area contributed by atoms with Crippen LogP contribution in [0.4, 0.5) is 4.39 Å². The molecule has 0 aliphatic rings. The molecule has 0 bridgehead atoms. The quantitative estimate of drug-likeness (QED) is 0.902. The Hall–Kier alpha value is -1.68. The highest BCUT2D eigenvalue weighted by atomic mass is 19.1. The van der Waals surface area contributed by atoms with E-state index < -0.39 is 0 Å². The molecule has 0 aliphatic heterocycles. The lowest BCUT2D eigenvalue weighted by atomic mass is 10.0. The van der Waals surface area contributed by atoms with E-state index in [1.807, 2.05) is 30.8 Å². The highest BCUT2D eigenvalue weighted by Gasteiger charge is 2.09. The number of nitrogens with zero attached hydrogens (tertiary/aromatic N) is 2. The summed E-state index contributed by atoms with van der Waals surface area (Å²) in [5.41, 5.74) is 7.84. The molecule has 2 aromatic rings. The van der Waals surface area contributed by atoms with Crippen LogP contribution in [0.2, 0.25) is 0 Å². The van der Waals surface area contributed by atoms with Crippen LogP contribution in [0.5, 0.6) is 0 Å². The van der Waals surface area contributed by atoms with Gasteiger partial charge < -0.3 is 10.3 Å². The van der Waals surface area contributed by atoms with Crippen molar-refractivity contribution in [1.29, 1.82) is 0 Å². The molecule has 0 amide bonds. The second-order valence-electron chi connectivity index (χ2n) is 4.66. The number of halogens is 1. The smallest absolute Gasteiger partial charge is 0.123 e. The number of hydrogen-bond acceptors (Lipinski definition) is 2. The van der Waals surface area contributed by atoms with Gasteiger partial charge in [0.1, 0.15) is 11.6 Å². The molecule has 0 saturated carbocycles. The van der Waals surface area contributed by atoms with Crippen LogP contribution in [-0.4, -0.2) is 9.55 Å².